The summed E-state index contributed by atoms with van der Waals surface area (Å²) >= 11 is 0. The average molecular weight is 388 g/mol. The van der Waals surface area contributed by atoms with Gasteiger partial charge >= 0.3 is 12.1 Å². The zero-order valence-corrected chi connectivity index (χ0v) is 15.3. The van der Waals surface area contributed by atoms with Gasteiger partial charge < -0.3 is 20.5 Å². The highest BCUT2D eigenvalue weighted by molar-refractivity contribution is 5.92. The molecule has 8 heteroatoms. The summed E-state index contributed by atoms with van der Waals surface area (Å²) in [5, 5.41) is 13.9. The number of hydrogen-bond donors (Lipinski definition) is 3. The lowest BCUT2D eigenvalue weighted by molar-refractivity contribution is -0.139. The van der Waals surface area contributed by atoms with E-state index in [1.165, 1.54) is 12.1 Å². The molecule has 28 heavy (non-hydrogen) atoms. The van der Waals surface area contributed by atoms with Crippen molar-refractivity contribution in [1.29, 1.82) is 0 Å². The first-order valence-corrected chi connectivity index (χ1v) is 8.66. The summed E-state index contributed by atoms with van der Waals surface area (Å²) in [6.45, 7) is 1.61. The number of ether oxygens (including phenoxy) is 1. The van der Waals surface area contributed by atoms with Gasteiger partial charge in [0.2, 0.25) is 5.91 Å². The topological polar surface area (TPSA) is 105 Å². The minimum Gasteiger partial charge on any atom is -0.480 e. The number of anilines is 1. The Balaban J connectivity index is 1.80. The number of aliphatic carboxylic acids is 1. The van der Waals surface area contributed by atoms with E-state index in [2.05, 4.69) is 10.6 Å². The number of halogens is 1. The maximum Gasteiger partial charge on any atom is 0.408 e. The number of nitrogens with one attached hydrogen (secondary N) is 2. The minimum atomic E-state index is -1.12. The number of amides is 2. The number of rotatable bonds is 8. The van der Waals surface area contributed by atoms with Gasteiger partial charge in [-0.3, -0.25) is 4.79 Å². The first-order chi connectivity index (χ1) is 13.4. The van der Waals surface area contributed by atoms with E-state index in [1.54, 1.807) is 43.3 Å². The van der Waals surface area contributed by atoms with E-state index < -0.39 is 18.1 Å². The molecular weight excluding hydrogens is 367 g/mol. The van der Waals surface area contributed by atoms with Crippen molar-refractivity contribution in [2.24, 2.45) is 0 Å². The van der Waals surface area contributed by atoms with Crippen molar-refractivity contribution in [2.75, 3.05) is 5.32 Å². The van der Waals surface area contributed by atoms with E-state index in [0.29, 0.717) is 16.8 Å². The molecule has 0 saturated heterocycles. The van der Waals surface area contributed by atoms with Crippen LogP contribution in [-0.4, -0.2) is 29.1 Å². The molecule has 1 unspecified atom stereocenters. The van der Waals surface area contributed by atoms with Crippen LogP contribution < -0.4 is 10.6 Å². The fourth-order valence-corrected chi connectivity index (χ4v) is 2.35. The van der Waals surface area contributed by atoms with Crippen molar-refractivity contribution in [3.8, 4) is 0 Å². The molecule has 0 bridgehead atoms. The molecule has 0 aliphatic rings. The third-order valence-corrected chi connectivity index (χ3v) is 3.88. The largest absolute Gasteiger partial charge is 0.480 e. The summed E-state index contributed by atoms with van der Waals surface area (Å²) in [6, 6.07) is 11.4. The fraction of sp³-hybridized carbons (Fsp3) is 0.250. The molecule has 3 N–H and O–H groups in total. The first-order valence-electron chi connectivity index (χ1n) is 8.66. The molecule has 0 aliphatic carbocycles. The molecule has 0 fully saturated rings. The number of benzene rings is 2. The molecule has 0 radical (unpaired) electrons. The molecule has 148 valence electrons. The lowest BCUT2D eigenvalue weighted by Crippen LogP contribution is -2.40. The monoisotopic (exact) mass is 388 g/mol. The van der Waals surface area contributed by atoms with E-state index in [4.69, 9.17) is 9.84 Å². The Hall–Kier alpha value is -3.42. The molecule has 2 amide bonds. The van der Waals surface area contributed by atoms with Crippen LogP contribution in [0.15, 0.2) is 48.5 Å². The van der Waals surface area contributed by atoms with E-state index in [1.807, 2.05) is 0 Å². The van der Waals surface area contributed by atoms with Gasteiger partial charge in [-0.1, -0.05) is 31.2 Å². The molecule has 0 spiro atoms. The highest BCUT2D eigenvalue weighted by Crippen LogP contribution is 2.12. The van der Waals surface area contributed by atoms with Crippen LogP contribution in [0.2, 0.25) is 0 Å². The number of carboxylic acid groups (broad SMARTS) is 1. The Morgan fingerprint density at radius 2 is 1.64 bits per heavy atom. The molecule has 2 rings (SSSR count). The highest BCUT2D eigenvalue weighted by Gasteiger charge is 2.18. The highest BCUT2D eigenvalue weighted by atomic mass is 19.1. The van der Waals surface area contributed by atoms with Crippen molar-refractivity contribution in [2.45, 2.75) is 32.4 Å². The smallest absolute Gasteiger partial charge is 0.408 e. The summed E-state index contributed by atoms with van der Waals surface area (Å²) in [7, 11) is 0. The van der Waals surface area contributed by atoms with Crippen molar-refractivity contribution >= 4 is 23.7 Å². The van der Waals surface area contributed by atoms with Gasteiger partial charge in [0.1, 0.15) is 18.5 Å². The number of carboxylic acids is 1. The number of hydrogen-bond acceptors (Lipinski definition) is 4. The summed E-state index contributed by atoms with van der Waals surface area (Å²) < 4.78 is 17.9. The predicted octanol–water partition coefficient (Wildman–Crippen LogP) is 3.10. The number of alkyl carbamates (subject to hydrolysis) is 1. The Kier molecular flexibility index (Phi) is 7.50. The van der Waals surface area contributed by atoms with Gasteiger partial charge in [0, 0.05) is 5.69 Å². The van der Waals surface area contributed by atoms with Crippen LogP contribution in [0.5, 0.6) is 0 Å². The summed E-state index contributed by atoms with van der Waals surface area (Å²) in [5.74, 6) is -1.72. The van der Waals surface area contributed by atoms with Gasteiger partial charge in [-0.05, 0) is 41.8 Å². The second-order valence-corrected chi connectivity index (χ2v) is 6.07. The van der Waals surface area contributed by atoms with Gasteiger partial charge in [-0.2, -0.15) is 0 Å². The minimum absolute atomic E-state index is 0.0360. The third kappa shape index (κ3) is 6.71. The van der Waals surface area contributed by atoms with Crippen LogP contribution in [0.3, 0.4) is 0 Å². The Labute approximate surface area is 161 Å². The van der Waals surface area contributed by atoms with Crippen LogP contribution in [0.1, 0.15) is 24.5 Å². The third-order valence-electron chi connectivity index (χ3n) is 3.88. The Bertz CT molecular complexity index is 821. The molecule has 1 atom stereocenters. The maximum absolute atomic E-state index is 12.9. The predicted molar refractivity (Wildman–Crippen MR) is 100 cm³/mol. The average Bonchev–Trinajstić information content (AvgIpc) is 2.67. The van der Waals surface area contributed by atoms with E-state index in [9.17, 15) is 18.8 Å². The van der Waals surface area contributed by atoms with Crippen molar-refractivity contribution in [3.63, 3.8) is 0 Å². The van der Waals surface area contributed by atoms with Crippen molar-refractivity contribution in [3.05, 3.63) is 65.5 Å². The molecule has 2 aromatic rings. The fourth-order valence-electron chi connectivity index (χ4n) is 2.35. The quantitative estimate of drug-likeness (QED) is 0.645. The molecule has 0 aliphatic heterocycles. The van der Waals surface area contributed by atoms with E-state index >= 15 is 0 Å². The lowest BCUT2D eigenvalue weighted by Gasteiger charge is -2.12. The lowest BCUT2D eigenvalue weighted by atomic mass is 10.1. The summed E-state index contributed by atoms with van der Waals surface area (Å²) in [4.78, 5) is 34.5. The van der Waals surface area contributed by atoms with E-state index in [0.717, 1.165) is 0 Å². The molecule has 0 heterocycles. The van der Waals surface area contributed by atoms with Crippen molar-refractivity contribution in [1.82, 2.24) is 5.32 Å². The Morgan fingerprint density at radius 1 is 1.04 bits per heavy atom. The molecule has 2 aromatic carbocycles. The number of carbonyl (C=O) groups is 3. The standard InChI is InChI=1S/C20H21FN2O5/c1-2-17(19(25)26)23-20(27)28-12-14-5-9-16(10-6-14)22-18(24)11-13-3-7-15(21)8-4-13/h3-10,17H,2,11-12H2,1H3,(H,22,24)(H,23,27)(H,25,26). The van der Waals surface area contributed by atoms with Crippen LogP contribution in [-0.2, 0) is 27.4 Å². The second kappa shape index (κ2) is 10.1. The number of carbonyl (C=O) groups excluding carboxylic acids is 2. The molecular formula is C20H21FN2O5. The van der Waals surface area contributed by atoms with Crippen LogP contribution in [0, 0.1) is 5.82 Å². The zero-order chi connectivity index (χ0) is 20.5. The molecule has 0 aromatic heterocycles. The van der Waals surface area contributed by atoms with Crippen LogP contribution in [0.4, 0.5) is 14.9 Å². The Morgan fingerprint density at radius 3 is 2.21 bits per heavy atom. The van der Waals surface area contributed by atoms with Crippen molar-refractivity contribution < 1.29 is 28.6 Å². The zero-order valence-electron chi connectivity index (χ0n) is 15.3. The van der Waals surface area contributed by atoms with E-state index in [-0.39, 0.29) is 31.2 Å². The molecule has 0 saturated carbocycles. The van der Waals surface area contributed by atoms with Gasteiger partial charge in [-0.25, -0.2) is 14.0 Å². The van der Waals surface area contributed by atoms with Gasteiger partial charge in [-0.15, -0.1) is 0 Å². The van der Waals surface area contributed by atoms with Gasteiger partial charge in [0.15, 0.2) is 0 Å². The molecule has 7 nitrogen and oxygen atoms in total. The van der Waals surface area contributed by atoms with Gasteiger partial charge in [0.25, 0.3) is 0 Å². The van der Waals surface area contributed by atoms with Crippen LogP contribution in [0.25, 0.3) is 0 Å². The summed E-state index contributed by atoms with van der Waals surface area (Å²) in [5.41, 5.74) is 1.94. The normalized spacial score (nSPS) is 11.4. The van der Waals surface area contributed by atoms with Crippen LogP contribution >= 0.6 is 0 Å². The first kappa shape index (κ1) is 20.9. The maximum atomic E-state index is 12.9. The van der Waals surface area contributed by atoms with Gasteiger partial charge in [0.05, 0.1) is 6.42 Å². The SMILES string of the molecule is CCC(NC(=O)OCc1ccc(NC(=O)Cc2ccc(F)cc2)cc1)C(=O)O. The second-order valence-electron chi connectivity index (χ2n) is 6.07. The summed E-state index contributed by atoms with van der Waals surface area (Å²) in [6.07, 6.45) is -0.449.